The standard InChI is InChI=1S/C19H19F3N2O5S/c1-2-24-14-8-4-3-7-13(14)23-18-15(24)9-5-10-16(18)28-12-6-11-17(25)29-30(26,27)19(20,21)22/h3-5,7-10,23H,2,6,11-12H2,1H3. The summed E-state index contributed by atoms with van der Waals surface area (Å²) in [4.78, 5) is 13.5. The maximum Gasteiger partial charge on any atom is 0.534 e. The van der Waals surface area contributed by atoms with E-state index in [1.165, 1.54) is 0 Å². The number of nitrogens with zero attached hydrogens (tertiary/aromatic N) is 1. The highest BCUT2D eigenvalue weighted by Crippen LogP contribution is 2.47. The van der Waals surface area contributed by atoms with E-state index in [2.05, 4.69) is 14.4 Å². The van der Waals surface area contributed by atoms with Crippen LogP contribution in [0.3, 0.4) is 0 Å². The molecule has 1 heterocycles. The van der Waals surface area contributed by atoms with Crippen molar-refractivity contribution in [3.8, 4) is 5.75 Å². The normalized spacial score (nSPS) is 13.1. The quantitative estimate of drug-likeness (QED) is 0.384. The third-order valence-electron chi connectivity index (χ3n) is 4.33. The molecule has 0 amide bonds. The zero-order chi connectivity index (χ0) is 21.9. The number of halogens is 3. The monoisotopic (exact) mass is 444 g/mol. The molecule has 1 N–H and O–H groups in total. The Morgan fingerprint density at radius 3 is 2.50 bits per heavy atom. The van der Waals surface area contributed by atoms with E-state index >= 15 is 0 Å². The van der Waals surface area contributed by atoms with Crippen LogP contribution in [0.4, 0.5) is 35.9 Å². The van der Waals surface area contributed by atoms with E-state index in [4.69, 9.17) is 4.74 Å². The minimum Gasteiger partial charge on any atom is -0.491 e. The molecule has 11 heteroatoms. The first-order valence-corrected chi connectivity index (χ1v) is 10.5. The van der Waals surface area contributed by atoms with Crippen LogP contribution in [-0.2, 0) is 19.1 Å². The number of nitrogens with one attached hydrogen (secondary N) is 1. The number of ether oxygens (including phenoxy) is 1. The Hall–Kier alpha value is -2.95. The number of fused-ring (bicyclic) bond motifs is 2. The van der Waals surface area contributed by atoms with Crippen molar-refractivity contribution in [1.29, 1.82) is 0 Å². The summed E-state index contributed by atoms with van der Waals surface area (Å²) in [7, 11) is -5.94. The molecule has 0 spiro atoms. The molecular formula is C19H19F3N2O5S. The average molecular weight is 444 g/mol. The van der Waals surface area contributed by atoms with Gasteiger partial charge in [0.2, 0.25) is 0 Å². The third kappa shape index (κ3) is 4.45. The molecule has 0 unspecified atom stereocenters. The highest BCUT2D eigenvalue weighted by Gasteiger charge is 2.49. The molecule has 0 fully saturated rings. The van der Waals surface area contributed by atoms with Crippen LogP contribution in [0, 0.1) is 0 Å². The van der Waals surface area contributed by atoms with Crippen molar-refractivity contribution in [2.45, 2.75) is 25.3 Å². The van der Waals surface area contributed by atoms with Gasteiger partial charge in [-0.2, -0.15) is 21.6 Å². The first-order chi connectivity index (χ1) is 14.1. The van der Waals surface area contributed by atoms with Gasteiger partial charge in [-0.05, 0) is 37.6 Å². The van der Waals surface area contributed by atoms with Crippen LogP contribution >= 0.6 is 0 Å². The maximum absolute atomic E-state index is 12.2. The van der Waals surface area contributed by atoms with Crippen molar-refractivity contribution in [3.63, 3.8) is 0 Å². The van der Waals surface area contributed by atoms with Crippen LogP contribution in [0.5, 0.6) is 5.75 Å². The zero-order valence-corrected chi connectivity index (χ0v) is 16.7. The Bertz CT molecular complexity index is 1040. The van der Waals surface area contributed by atoms with Gasteiger partial charge in [0.05, 0.1) is 23.7 Å². The number of hydrogen-bond acceptors (Lipinski definition) is 7. The number of hydrogen-bond donors (Lipinski definition) is 1. The van der Waals surface area contributed by atoms with Gasteiger partial charge in [0.25, 0.3) is 0 Å². The number of anilines is 4. The Morgan fingerprint density at radius 2 is 1.80 bits per heavy atom. The average Bonchev–Trinajstić information content (AvgIpc) is 2.68. The zero-order valence-electron chi connectivity index (χ0n) is 15.9. The second kappa shape index (κ2) is 8.42. The van der Waals surface area contributed by atoms with E-state index in [1.807, 2.05) is 37.3 Å². The van der Waals surface area contributed by atoms with E-state index in [-0.39, 0.29) is 13.0 Å². The number of alkyl halides is 3. The second-order valence-electron chi connectivity index (χ2n) is 6.34. The number of para-hydroxylation sites is 3. The molecule has 30 heavy (non-hydrogen) atoms. The highest BCUT2D eigenvalue weighted by atomic mass is 32.2. The van der Waals surface area contributed by atoms with E-state index in [0.29, 0.717) is 12.3 Å². The van der Waals surface area contributed by atoms with E-state index in [9.17, 15) is 26.4 Å². The molecule has 7 nitrogen and oxygen atoms in total. The molecule has 0 saturated carbocycles. The molecule has 2 aromatic carbocycles. The molecule has 0 aromatic heterocycles. The molecule has 0 radical (unpaired) electrons. The molecule has 0 bridgehead atoms. The van der Waals surface area contributed by atoms with Crippen molar-refractivity contribution >= 4 is 38.8 Å². The molecule has 3 rings (SSSR count). The topological polar surface area (TPSA) is 84.9 Å². The van der Waals surface area contributed by atoms with Crippen LogP contribution in [0.1, 0.15) is 19.8 Å². The lowest BCUT2D eigenvalue weighted by Crippen LogP contribution is -2.28. The van der Waals surface area contributed by atoms with Gasteiger partial charge in [-0.15, -0.1) is 0 Å². The minimum atomic E-state index is -5.94. The van der Waals surface area contributed by atoms with Crippen LogP contribution < -0.4 is 15.0 Å². The SMILES string of the molecule is CCN1c2ccccc2Nc2c(OCCCC(=O)OS(=O)(=O)C(F)(F)F)cccc21. The van der Waals surface area contributed by atoms with Crippen molar-refractivity contribution < 1.29 is 35.3 Å². The van der Waals surface area contributed by atoms with Gasteiger partial charge in [-0.3, -0.25) is 4.79 Å². The summed E-state index contributed by atoms with van der Waals surface area (Å²) in [6.45, 7) is 2.71. The summed E-state index contributed by atoms with van der Waals surface area (Å²) >= 11 is 0. The van der Waals surface area contributed by atoms with Gasteiger partial charge in [-0.1, -0.05) is 18.2 Å². The number of rotatable bonds is 7. The molecule has 0 saturated heterocycles. The fraction of sp³-hybridized carbons (Fsp3) is 0.316. The fourth-order valence-electron chi connectivity index (χ4n) is 3.02. The van der Waals surface area contributed by atoms with Gasteiger partial charge in [-0.25, -0.2) is 0 Å². The third-order valence-corrected chi connectivity index (χ3v) is 5.31. The van der Waals surface area contributed by atoms with E-state index < -0.39 is 28.0 Å². The van der Waals surface area contributed by atoms with Crippen LogP contribution in [0.25, 0.3) is 0 Å². The first kappa shape index (κ1) is 21.8. The van der Waals surface area contributed by atoms with Crippen molar-refractivity contribution in [2.75, 3.05) is 23.4 Å². The fourth-order valence-corrected chi connectivity index (χ4v) is 3.44. The summed E-state index contributed by atoms with van der Waals surface area (Å²) in [5, 5.41) is 3.31. The van der Waals surface area contributed by atoms with Crippen molar-refractivity contribution in [1.82, 2.24) is 0 Å². The first-order valence-electron chi connectivity index (χ1n) is 9.07. The number of carbonyl (C=O) groups is 1. The van der Waals surface area contributed by atoms with Crippen LogP contribution in [0.15, 0.2) is 42.5 Å². The van der Waals surface area contributed by atoms with Gasteiger partial charge in [0, 0.05) is 13.0 Å². The van der Waals surface area contributed by atoms with Gasteiger partial charge in [0.1, 0.15) is 11.4 Å². The smallest absolute Gasteiger partial charge is 0.491 e. The Balaban J connectivity index is 1.63. The summed E-state index contributed by atoms with van der Waals surface area (Å²) < 4.78 is 67.6. The summed E-state index contributed by atoms with van der Waals surface area (Å²) in [6, 6.07) is 13.2. The summed E-state index contributed by atoms with van der Waals surface area (Å²) in [5.74, 6) is -0.994. The predicted octanol–water partition coefficient (Wildman–Crippen LogP) is 4.45. The summed E-state index contributed by atoms with van der Waals surface area (Å²) in [6.07, 6.45) is -0.564. The van der Waals surface area contributed by atoms with E-state index in [0.717, 1.165) is 22.7 Å². The predicted molar refractivity (Wildman–Crippen MR) is 105 cm³/mol. The Kier molecular flexibility index (Phi) is 6.11. The lowest BCUT2D eigenvalue weighted by Gasteiger charge is -2.33. The largest absolute Gasteiger partial charge is 0.534 e. The van der Waals surface area contributed by atoms with Gasteiger partial charge >= 0.3 is 21.6 Å². The minimum absolute atomic E-state index is 0.0208. The Morgan fingerprint density at radius 1 is 1.10 bits per heavy atom. The van der Waals surface area contributed by atoms with Gasteiger partial charge < -0.3 is 19.1 Å². The highest BCUT2D eigenvalue weighted by molar-refractivity contribution is 7.88. The maximum atomic E-state index is 12.2. The van der Waals surface area contributed by atoms with Gasteiger partial charge in [0.15, 0.2) is 0 Å². The molecular weight excluding hydrogens is 425 g/mol. The number of carbonyl (C=O) groups excluding carboxylic acids is 1. The Labute approximate surface area is 171 Å². The molecule has 0 aliphatic carbocycles. The molecule has 2 aromatic rings. The molecule has 0 atom stereocenters. The van der Waals surface area contributed by atoms with Crippen molar-refractivity contribution in [3.05, 3.63) is 42.5 Å². The van der Waals surface area contributed by atoms with Crippen LogP contribution in [0.2, 0.25) is 0 Å². The summed E-state index contributed by atoms with van der Waals surface area (Å²) in [5.41, 5.74) is -2.12. The number of benzene rings is 2. The van der Waals surface area contributed by atoms with Crippen LogP contribution in [-0.4, -0.2) is 33.0 Å². The van der Waals surface area contributed by atoms with Crippen molar-refractivity contribution in [2.24, 2.45) is 0 Å². The molecule has 1 aliphatic heterocycles. The second-order valence-corrected chi connectivity index (χ2v) is 7.88. The van der Waals surface area contributed by atoms with E-state index in [1.54, 1.807) is 12.1 Å². The lowest BCUT2D eigenvalue weighted by molar-refractivity contribution is -0.136. The lowest BCUT2D eigenvalue weighted by atomic mass is 10.1. The molecule has 1 aliphatic rings. The molecule has 162 valence electrons.